The van der Waals surface area contributed by atoms with E-state index in [1.54, 1.807) is 0 Å². The zero-order valence-corrected chi connectivity index (χ0v) is 9.73. The summed E-state index contributed by atoms with van der Waals surface area (Å²) < 4.78 is 7.81. The number of hydrogen-bond acceptors (Lipinski definition) is 4. The Balaban J connectivity index is 2.96. The van der Waals surface area contributed by atoms with E-state index in [9.17, 15) is 4.79 Å². The van der Waals surface area contributed by atoms with Crippen molar-refractivity contribution in [1.29, 1.82) is 0 Å². The zero-order valence-electron chi connectivity index (χ0n) is 7.46. The summed E-state index contributed by atoms with van der Waals surface area (Å²) in [6.45, 7) is 1.48. The Kier molecular flexibility index (Phi) is 3.19. The van der Waals surface area contributed by atoms with Crippen LogP contribution in [0.4, 0.5) is 0 Å². The van der Waals surface area contributed by atoms with Crippen LogP contribution in [0.2, 0.25) is 0 Å². The van der Waals surface area contributed by atoms with Crippen LogP contribution in [0, 0.1) is 0 Å². The van der Waals surface area contributed by atoms with Crippen LogP contribution in [-0.4, -0.2) is 34.9 Å². The normalized spacial score (nSPS) is 31.4. The molecule has 4 nitrogen and oxygen atoms in total. The van der Waals surface area contributed by atoms with E-state index in [1.807, 2.05) is 0 Å². The van der Waals surface area contributed by atoms with E-state index in [0.29, 0.717) is 0 Å². The maximum atomic E-state index is 11.3. The van der Waals surface area contributed by atoms with Crippen molar-refractivity contribution in [3.63, 3.8) is 0 Å². The standard InChI is InChI=1S/C7H8Cl3NO3/c1-6(7(8,9)10)4(5(12)13-2)11-3-14-6/h3-4H,1-2H3/t4-,6+/m1/s1. The van der Waals surface area contributed by atoms with E-state index in [4.69, 9.17) is 39.5 Å². The summed E-state index contributed by atoms with van der Waals surface area (Å²) in [5.41, 5.74) is -1.33. The number of rotatable bonds is 1. The van der Waals surface area contributed by atoms with Crippen LogP contribution < -0.4 is 0 Å². The maximum absolute atomic E-state index is 11.3. The van der Waals surface area contributed by atoms with Crippen molar-refractivity contribution in [2.45, 2.75) is 22.4 Å². The molecule has 0 aromatic heterocycles. The highest BCUT2D eigenvalue weighted by molar-refractivity contribution is 6.68. The minimum absolute atomic E-state index is 0.604. The largest absolute Gasteiger partial charge is 0.470 e. The van der Waals surface area contributed by atoms with Gasteiger partial charge in [-0.2, -0.15) is 0 Å². The molecule has 80 valence electrons. The molecule has 0 spiro atoms. The summed E-state index contributed by atoms with van der Waals surface area (Å²) in [6, 6.07) is -0.958. The van der Waals surface area contributed by atoms with E-state index in [2.05, 4.69) is 9.73 Å². The first-order chi connectivity index (χ1) is 6.33. The topological polar surface area (TPSA) is 47.9 Å². The highest BCUT2D eigenvalue weighted by Gasteiger charge is 2.58. The molecule has 0 aromatic carbocycles. The third-order valence-corrected chi connectivity index (χ3v) is 3.14. The Morgan fingerprint density at radius 1 is 1.64 bits per heavy atom. The number of halogens is 3. The van der Waals surface area contributed by atoms with Gasteiger partial charge in [0.1, 0.15) is 0 Å². The van der Waals surface area contributed by atoms with Crippen molar-refractivity contribution in [1.82, 2.24) is 0 Å². The van der Waals surface area contributed by atoms with E-state index >= 15 is 0 Å². The predicted octanol–water partition coefficient (Wildman–Crippen LogP) is 1.72. The molecule has 0 N–H and O–H groups in total. The Hall–Kier alpha value is -0.190. The van der Waals surface area contributed by atoms with Gasteiger partial charge in [0, 0.05) is 0 Å². The highest BCUT2D eigenvalue weighted by Crippen LogP contribution is 2.45. The number of carbonyl (C=O) groups is 1. The van der Waals surface area contributed by atoms with Crippen LogP contribution in [0.3, 0.4) is 0 Å². The van der Waals surface area contributed by atoms with Crippen molar-refractivity contribution in [3.05, 3.63) is 0 Å². The molecule has 14 heavy (non-hydrogen) atoms. The number of nitrogens with zero attached hydrogens (tertiary/aromatic N) is 1. The lowest BCUT2D eigenvalue weighted by Gasteiger charge is -2.33. The molecule has 0 saturated heterocycles. The van der Waals surface area contributed by atoms with Gasteiger partial charge in [-0.1, -0.05) is 34.8 Å². The van der Waals surface area contributed by atoms with Crippen LogP contribution in [0.5, 0.6) is 0 Å². The lowest BCUT2D eigenvalue weighted by Crippen LogP contribution is -2.52. The van der Waals surface area contributed by atoms with Gasteiger partial charge in [0.05, 0.1) is 7.11 Å². The van der Waals surface area contributed by atoms with Crippen molar-refractivity contribution >= 4 is 47.2 Å². The molecule has 1 aliphatic rings. The molecule has 7 heteroatoms. The number of esters is 1. The molecule has 0 amide bonds. The molecular weight excluding hydrogens is 252 g/mol. The molecule has 0 radical (unpaired) electrons. The molecule has 1 rings (SSSR count). The third-order valence-electron chi connectivity index (χ3n) is 2.02. The first-order valence-electron chi connectivity index (χ1n) is 3.67. The number of alkyl halides is 3. The monoisotopic (exact) mass is 259 g/mol. The fourth-order valence-electron chi connectivity index (χ4n) is 1.03. The lowest BCUT2D eigenvalue weighted by atomic mass is 9.99. The Labute approximate surface area is 96.1 Å². The van der Waals surface area contributed by atoms with Gasteiger partial charge < -0.3 is 9.47 Å². The second-order valence-electron chi connectivity index (χ2n) is 2.90. The van der Waals surface area contributed by atoms with Gasteiger partial charge in [0.25, 0.3) is 0 Å². The minimum Gasteiger partial charge on any atom is -0.470 e. The van der Waals surface area contributed by atoms with Gasteiger partial charge in [-0.3, -0.25) is 0 Å². The first kappa shape index (κ1) is 11.9. The highest BCUT2D eigenvalue weighted by atomic mass is 35.6. The van der Waals surface area contributed by atoms with Crippen LogP contribution in [0.15, 0.2) is 4.99 Å². The Morgan fingerprint density at radius 3 is 2.64 bits per heavy atom. The van der Waals surface area contributed by atoms with E-state index in [0.717, 1.165) is 6.40 Å². The van der Waals surface area contributed by atoms with Gasteiger partial charge in [-0.15, -0.1) is 0 Å². The summed E-state index contributed by atoms with van der Waals surface area (Å²) >= 11 is 17.1. The quantitative estimate of drug-likeness (QED) is 0.533. The van der Waals surface area contributed by atoms with Crippen LogP contribution in [0.25, 0.3) is 0 Å². The fraction of sp³-hybridized carbons (Fsp3) is 0.714. The first-order valence-corrected chi connectivity index (χ1v) is 4.80. The SMILES string of the molecule is COC(=O)[C@H]1N=CO[C@]1(C)C(Cl)(Cl)Cl. The average Bonchev–Trinajstić information content (AvgIpc) is 2.46. The number of carbonyl (C=O) groups excluding carboxylic acids is 1. The molecule has 0 aromatic rings. The number of methoxy groups -OCH3 is 1. The van der Waals surface area contributed by atoms with Crippen molar-refractivity contribution in [2.75, 3.05) is 7.11 Å². The third kappa shape index (κ3) is 1.78. The van der Waals surface area contributed by atoms with E-state index in [-0.39, 0.29) is 0 Å². The Morgan fingerprint density at radius 2 is 2.21 bits per heavy atom. The van der Waals surface area contributed by atoms with Crippen molar-refractivity contribution < 1.29 is 14.3 Å². The zero-order chi connectivity index (χ0) is 11.0. The molecule has 0 fully saturated rings. The summed E-state index contributed by atoms with van der Waals surface area (Å²) in [5.74, 6) is -0.604. The lowest BCUT2D eigenvalue weighted by molar-refractivity contribution is -0.145. The number of aliphatic imine (C=N–C) groups is 1. The van der Waals surface area contributed by atoms with Gasteiger partial charge >= 0.3 is 5.97 Å². The second kappa shape index (κ2) is 3.76. The molecular formula is C7H8Cl3NO3. The fourth-order valence-corrected chi connectivity index (χ4v) is 1.47. The van der Waals surface area contributed by atoms with Gasteiger partial charge in [-0.05, 0) is 6.92 Å². The molecule has 0 aliphatic carbocycles. The van der Waals surface area contributed by atoms with E-state index < -0.39 is 21.4 Å². The number of ether oxygens (including phenoxy) is 2. The minimum atomic E-state index is -1.76. The van der Waals surface area contributed by atoms with Gasteiger partial charge in [-0.25, -0.2) is 9.79 Å². The summed E-state index contributed by atoms with van der Waals surface area (Å²) in [7, 11) is 1.23. The van der Waals surface area contributed by atoms with Crippen LogP contribution in [0.1, 0.15) is 6.92 Å². The summed E-state index contributed by atoms with van der Waals surface area (Å²) in [4.78, 5) is 15.0. The smallest absolute Gasteiger partial charge is 0.335 e. The molecule has 1 heterocycles. The molecule has 0 unspecified atom stereocenters. The van der Waals surface area contributed by atoms with Crippen molar-refractivity contribution in [3.8, 4) is 0 Å². The van der Waals surface area contributed by atoms with Crippen LogP contribution in [-0.2, 0) is 14.3 Å². The molecule has 0 bridgehead atoms. The molecule has 1 aliphatic heterocycles. The predicted molar refractivity (Wildman–Crippen MR) is 54.1 cm³/mol. The summed E-state index contributed by atoms with van der Waals surface area (Å²) in [6.07, 6.45) is 1.09. The number of hydrogen-bond donors (Lipinski definition) is 0. The molecule has 0 saturated carbocycles. The average molecular weight is 261 g/mol. The summed E-state index contributed by atoms with van der Waals surface area (Å²) in [5, 5.41) is 0. The Bertz CT molecular complexity index is 276. The molecule has 2 atom stereocenters. The maximum Gasteiger partial charge on any atom is 0.335 e. The second-order valence-corrected chi connectivity index (χ2v) is 5.18. The van der Waals surface area contributed by atoms with Crippen molar-refractivity contribution in [2.24, 2.45) is 4.99 Å². The van der Waals surface area contributed by atoms with Gasteiger partial charge in [0.15, 0.2) is 18.0 Å². The van der Waals surface area contributed by atoms with Crippen LogP contribution >= 0.6 is 34.8 Å². The van der Waals surface area contributed by atoms with Gasteiger partial charge in [0.2, 0.25) is 3.79 Å². The van der Waals surface area contributed by atoms with E-state index in [1.165, 1.54) is 14.0 Å².